The molecule has 14 heavy (non-hydrogen) atoms. The minimum absolute atomic E-state index is 0. The summed E-state index contributed by atoms with van der Waals surface area (Å²) in [6.45, 7) is 0. The maximum absolute atomic E-state index is 5.11. The third-order valence-corrected chi connectivity index (χ3v) is 2.96. The van der Waals surface area contributed by atoms with E-state index in [-0.39, 0.29) is 12.4 Å². The Morgan fingerprint density at radius 2 is 1.86 bits per heavy atom. The zero-order chi connectivity index (χ0) is 9.26. The van der Waals surface area contributed by atoms with Gasteiger partial charge in [0, 0.05) is 12.3 Å². The Bertz CT molecular complexity index is 286. The zero-order valence-corrected chi connectivity index (χ0v) is 9.13. The lowest BCUT2D eigenvalue weighted by atomic mass is 9.76. The van der Waals surface area contributed by atoms with Crippen LogP contribution in [0, 0.1) is 0 Å². The van der Waals surface area contributed by atoms with E-state index in [9.17, 15) is 0 Å². The molecule has 1 fully saturated rings. The van der Waals surface area contributed by atoms with Gasteiger partial charge in [-0.15, -0.1) is 0 Å². The summed E-state index contributed by atoms with van der Waals surface area (Å²) in [6, 6.07) is 8.98. The van der Waals surface area contributed by atoms with Crippen LogP contribution in [0.4, 0.5) is 0 Å². The third kappa shape index (κ3) is 2.02. The summed E-state index contributed by atoms with van der Waals surface area (Å²) in [5.74, 6) is 1.62. The van der Waals surface area contributed by atoms with E-state index in [1.807, 2.05) is 12.1 Å². The molecule has 1 aromatic carbocycles. The minimum Gasteiger partial charge on any atom is -1.00 e. The lowest BCUT2D eigenvalue weighted by Crippen LogP contribution is -3.00. The normalized spacial score (nSPS) is 24.7. The van der Waals surface area contributed by atoms with Gasteiger partial charge in [0.05, 0.1) is 13.2 Å². The van der Waals surface area contributed by atoms with Crippen LogP contribution in [0.25, 0.3) is 0 Å². The van der Waals surface area contributed by atoms with Crippen LogP contribution in [-0.2, 0) is 0 Å². The predicted molar refractivity (Wildman–Crippen MR) is 51.6 cm³/mol. The van der Waals surface area contributed by atoms with Gasteiger partial charge in [-0.3, -0.25) is 0 Å². The quantitative estimate of drug-likeness (QED) is 0.618. The molecule has 0 amide bonds. The number of methoxy groups -OCH3 is 1. The van der Waals surface area contributed by atoms with Gasteiger partial charge in [0.1, 0.15) is 5.75 Å². The van der Waals surface area contributed by atoms with E-state index in [4.69, 9.17) is 4.74 Å². The highest BCUT2D eigenvalue weighted by atomic mass is 35.5. The Hall–Kier alpha value is -0.730. The second-order valence-corrected chi connectivity index (χ2v) is 3.72. The van der Waals surface area contributed by atoms with Crippen LogP contribution < -0.4 is 22.9 Å². The molecule has 1 aromatic rings. The summed E-state index contributed by atoms with van der Waals surface area (Å²) in [7, 11) is 1.70. The average molecular weight is 214 g/mol. The van der Waals surface area contributed by atoms with Crippen LogP contribution in [0.15, 0.2) is 24.3 Å². The smallest absolute Gasteiger partial charge is 0.118 e. The lowest BCUT2D eigenvalue weighted by Gasteiger charge is -2.30. The molecule has 0 heterocycles. The van der Waals surface area contributed by atoms with Crippen LogP contribution in [0.1, 0.15) is 24.3 Å². The van der Waals surface area contributed by atoms with Crippen molar-refractivity contribution in [3.63, 3.8) is 0 Å². The van der Waals surface area contributed by atoms with E-state index in [1.165, 1.54) is 18.4 Å². The van der Waals surface area contributed by atoms with Crippen LogP contribution in [-0.4, -0.2) is 13.2 Å². The number of halogens is 1. The molecular weight excluding hydrogens is 198 g/mol. The summed E-state index contributed by atoms with van der Waals surface area (Å²) < 4.78 is 5.11. The van der Waals surface area contributed by atoms with Crippen LogP contribution in [0.2, 0.25) is 0 Å². The highest BCUT2D eigenvalue weighted by Gasteiger charge is 2.31. The fourth-order valence-electron chi connectivity index (χ4n) is 1.86. The van der Waals surface area contributed by atoms with Gasteiger partial charge in [-0.1, -0.05) is 12.1 Å². The van der Waals surface area contributed by atoms with E-state index in [2.05, 4.69) is 17.9 Å². The van der Waals surface area contributed by atoms with Crippen molar-refractivity contribution in [3.8, 4) is 5.75 Å². The average Bonchev–Trinajstić information content (AvgIpc) is 2.17. The fourth-order valence-corrected chi connectivity index (χ4v) is 1.86. The van der Waals surface area contributed by atoms with E-state index >= 15 is 0 Å². The standard InChI is InChI=1S/C11H15NO.ClH/c1-13-9-4-2-8(3-5-9)10-6-7-11(10)12;/h2-5,10-11H,6-7,12H2,1H3;1H. The van der Waals surface area contributed by atoms with Crippen molar-refractivity contribution in [1.29, 1.82) is 0 Å². The van der Waals surface area contributed by atoms with Gasteiger partial charge in [-0.2, -0.15) is 0 Å². The van der Waals surface area contributed by atoms with Gasteiger partial charge >= 0.3 is 0 Å². The molecule has 2 rings (SSSR count). The van der Waals surface area contributed by atoms with Gasteiger partial charge in [-0.25, -0.2) is 0 Å². The molecule has 78 valence electrons. The molecule has 1 saturated carbocycles. The summed E-state index contributed by atoms with van der Waals surface area (Å²) in [4.78, 5) is 0. The van der Waals surface area contributed by atoms with Crippen LogP contribution in [0.3, 0.4) is 0 Å². The summed E-state index contributed by atoms with van der Waals surface area (Å²) in [6.07, 6.45) is 2.57. The molecule has 0 radical (unpaired) electrons. The Kier molecular flexibility index (Phi) is 3.78. The maximum atomic E-state index is 5.11. The number of hydrogen-bond acceptors (Lipinski definition) is 1. The SMILES string of the molecule is COc1ccc(C2CCC2[NH3+])cc1.[Cl-]. The number of hydrogen-bond donors (Lipinski definition) is 1. The molecule has 0 saturated heterocycles. The first-order chi connectivity index (χ1) is 6.31. The second-order valence-electron chi connectivity index (χ2n) is 3.72. The van der Waals surface area contributed by atoms with Crippen molar-refractivity contribution < 1.29 is 22.9 Å². The Balaban J connectivity index is 0.000000980. The maximum Gasteiger partial charge on any atom is 0.118 e. The lowest BCUT2D eigenvalue weighted by molar-refractivity contribution is -0.444. The number of quaternary nitrogens is 1. The molecule has 2 atom stereocenters. The fraction of sp³-hybridized carbons (Fsp3) is 0.455. The van der Waals surface area contributed by atoms with Crippen LogP contribution in [0.5, 0.6) is 5.75 Å². The van der Waals surface area contributed by atoms with Gasteiger partial charge in [0.25, 0.3) is 0 Å². The molecule has 3 heteroatoms. The molecule has 1 aliphatic rings. The van der Waals surface area contributed by atoms with Gasteiger partial charge < -0.3 is 22.9 Å². The van der Waals surface area contributed by atoms with E-state index in [1.54, 1.807) is 7.11 Å². The van der Waals surface area contributed by atoms with Gasteiger partial charge in [-0.05, 0) is 24.1 Å². The first-order valence-electron chi connectivity index (χ1n) is 4.78. The Labute approximate surface area is 90.9 Å². The van der Waals surface area contributed by atoms with Gasteiger partial charge in [0.15, 0.2) is 0 Å². The van der Waals surface area contributed by atoms with Crippen molar-refractivity contribution in [1.82, 2.24) is 0 Å². The molecule has 0 aromatic heterocycles. The van der Waals surface area contributed by atoms with Crippen molar-refractivity contribution in [3.05, 3.63) is 29.8 Å². The highest BCUT2D eigenvalue weighted by molar-refractivity contribution is 5.30. The van der Waals surface area contributed by atoms with E-state index < -0.39 is 0 Å². The molecule has 1 aliphatic carbocycles. The monoisotopic (exact) mass is 213 g/mol. The van der Waals surface area contributed by atoms with Crippen molar-refractivity contribution in [2.45, 2.75) is 24.8 Å². The number of rotatable bonds is 2. The minimum atomic E-state index is 0. The predicted octanol–water partition coefficient (Wildman–Crippen LogP) is -1.81. The first-order valence-corrected chi connectivity index (χ1v) is 4.78. The summed E-state index contributed by atoms with van der Waals surface area (Å²) in [5.41, 5.74) is 5.52. The van der Waals surface area contributed by atoms with Crippen molar-refractivity contribution in [2.75, 3.05) is 7.11 Å². The molecular formula is C11H16ClNO. The molecule has 0 bridgehead atoms. The van der Waals surface area contributed by atoms with Gasteiger partial charge in [0.2, 0.25) is 0 Å². The Morgan fingerprint density at radius 1 is 1.21 bits per heavy atom. The third-order valence-electron chi connectivity index (χ3n) is 2.96. The summed E-state index contributed by atoms with van der Waals surface area (Å²) in [5, 5.41) is 0. The first kappa shape index (κ1) is 11.3. The number of ether oxygens (including phenoxy) is 1. The molecule has 2 unspecified atom stereocenters. The highest BCUT2D eigenvalue weighted by Crippen LogP contribution is 2.34. The second kappa shape index (κ2) is 4.67. The van der Waals surface area contributed by atoms with Crippen molar-refractivity contribution >= 4 is 0 Å². The molecule has 0 aliphatic heterocycles. The van der Waals surface area contributed by atoms with Crippen LogP contribution >= 0.6 is 0 Å². The molecule has 3 N–H and O–H groups in total. The Morgan fingerprint density at radius 3 is 2.21 bits per heavy atom. The largest absolute Gasteiger partial charge is 1.00 e. The number of benzene rings is 1. The summed E-state index contributed by atoms with van der Waals surface area (Å²) >= 11 is 0. The van der Waals surface area contributed by atoms with E-state index in [0.29, 0.717) is 12.0 Å². The molecule has 2 nitrogen and oxygen atoms in total. The topological polar surface area (TPSA) is 36.9 Å². The molecule has 0 spiro atoms. The zero-order valence-electron chi connectivity index (χ0n) is 8.37. The van der Waals surface area contributed by atoms with Crippen molar-refractivity contribution in [2.24, 2.45) is 0 Å². The van der Waals surface area contributed by atoms with E-state index in [0.717, 1.165) is 5.75 Å².